The second-order valence-corrected chi connectivity index (χ2v) is 5.62. The topological polar surface area (TPSA) is 170 Å². The van der Waals surface area contributed by atoms with E-state index in [9.17, 15) is 19.8 Å². The Morgan fingerprint density at radius 2 is 1.03 bits per heavy atom. The summed E-state index contributed by atoms with van der Waals surface area (Å²) in [4.78, 5) is 23.0. The first-order valence-electron chi connectivity index (χ1n) is 8.81. The number of hydrogen-bond acceptors (Lipinski definition) is 10. The van der Waals surface area contributed by atoms with Gasteiger partial charge in [-0.3, -0.25) is 0 Å². The predicted molar refractivity (Wildman–Crippen MR) is 97.7 cm³/mol. The first-order valence-corrected chi connectivity index (χ1v) is 8.81. The van der Waals surface area contributed by atoms with Crippen LogP contribution in [-0.4, -0.2) is 86.0 Å². The fourth-order valence-corrected chi connectivity index (χ4v) is 2.19. The van der Waals surface area contributed by atoms with Crippen LogP contribution >= 0.6 is 0 Å². The molecule has 0 aliphatic heterocycles. The van der Waals surface area contributed by atoms with Crippen LogP contribution in [0.5, 0.6) is 0 Å². The molecule has 0 aromatic heterocycles. The molecule has 0 spiro atoms. The lowest BCUT2D eigenvalue weighted by molar-refractivity contribution is -0.138. The summed E-state index contributed by atoms with van der Waals surface area (Å²) in [5, 5.41) is 35.9. The van der Waals surface area contributed by atoms with Crippen LogP contribution in [0.4, 0.5) is 0 Å². The van der Waals surface area contributed by atoms with Gasteiger partial charge in [-0.1, -0.05) is 0 Å². The minimum absolute atomic E-state index is 0.106. The Balaban J connectivity index is 2.70. The van der Waals surface area contributed by atoms with Crippen molar-refractivity contribution < 1.29 is 58.4 Å². The molecule has 0 heterocycles. The van der Waals surface area contributed by atoms with Gasteiger partial charge in [-0.2, -0.15) is 0 Å². The van der Waals surface area contributed by atoms with Gasteiger partial charge in [-0.05, 0) is 23.3 Å². The Kier molecular flexibility index (Phi) is 13.5. The van der Waals surface area contributed by atoms with Crippen LogP contribution in [0.15, 0.2) is 12.1 Å². The highest BCUT2D eigenvalue weighted by atomic mass is 16.7. The summed E-state index contributed by atoms with van der Waals surface area (Å²) in [5.41, 5.74) is 0.0269. The summed E-state index contributed by atoms with van der Waals surface area (Å²) in [7, 11) is 0. The number of ether oxygens (including phenoxy) is 6. The Morgan fingerprint density at radius 3 is 1.40 bits per heavy atom. The van der Waals surface area contributed by atoms with Gasteiger partial charge in [-0.15, -0.1) is 0 Å². The molecule has 170 valence electrons. The van der Waals surface area contributed by atoms with E-state index in [1.165, 1.54) is 6.07 Å². The van der Waals surface area contributed by atoms with Crippen molar-refractivity contribution in [2.24, 2.45) is 0 Å². The molecule has 0 aliphatic rings. The summed E-state index contributed by atoms with van der Waals surface area (Å²) in [6.07, 6.45) is 0. The maximum absolute atomic E-state index is 11.5. The molecule has 30 heavy (non-hydrogen) atoms. The Morgan fingerprint density at radius 1 is 0.633 bits per heavy atom. The summed E-state index contributed by atoms with van der Waals surface area (Å²) >= 11 is 0. The molecule has 1 aromatic rings. The summed E-state index contributed by atoms with van der Waals surface area (Å²) in [5.74, 6) is -2.61. The van der Waals surface area contributed by atoms with Gasteiger partial charge >= 0.3 is 11.9 Å². The highest BCUT2D eigenvalue weighted by Crippen LogP contribution is 2.20. The number of carbonyl (C=O) groups is 2. The van der Waals surface area contributed by atoms with Crippen molar-refractivity contribution in [2.75, 3.05) is 53.6 Å². The van der Waals surface area contributed by atoms with Gasteiger partial charge in [0.1, 0.15) is 27.2 Å². The standard InChI is InChI=1S/C18H26O12/c19-1-3-25-9-29-11-27-7-13-5-14(8-28-12-30-10-26-4-2-20)16(18(23)24)6-15(13)17(21)22/h5-6,19-20H,1-4,7-12H2,(H,21,22)(H,23,24). The zero-order valence-corrected chi connectivity index (χ0v) is 16.3. The van der Waals surface area contributed by atoms with Crippen LogP contribution in [0, 0.1) is 0 Å². The molecule has 0 radical (unpaired) electrons. The van der Waals surface area contributed by atoms with E-state index in [2.05, 4.69) is 0 Å². The minimum Gasteiger partial charge on any atom is -0.478 e. The maximum atomic E-state index is 11.5. The third kappa shape index (κ3) is 10.0. The number of aromatic carboxylic acids is 2. The molecule has 0 bridgehead atoms. The molecule has 0 amide bonds. The van der Waals surface area contributed by atoms with Crippen molar-refractivity contribution in [3.8, 4) is 0 Å². The van der Waals surface area contributed by atoms with Gasteiger partial charge in [0.15, 0.2) is 0 Å². The molecule has 12 nitrogen and oxygen atoms in total. The van der Waals surface area contributed by atoms with E-state index in [-0.39, 0.29) is 89.1 Å². The van der Waals surface area contributed by atoms with Gasteiger partial charge in [0.2, 0.25) is 0 Å². The largest absolute Gasteiger partial charge is 0.478 e. The zero-order chi connectivity index (χ0) is 22.2. The van der Waals surface area contributed by atoms with Gasteiger partial charge in [-0.25, -0.2) is 9.59 Å². The number of carboxylic acid groups (broad SMARTS) is 2. The molecule has 4 N–H and O–H groups in total. The number of aliphatic hydroxyl groups is 2. The Bertz CT molecular complexity index is 597. The zero-order valence-electron chi connectivity index (χ0n) is 16.3. The maximum Gasteiger partial charge on any atom is 0.336 e. The van der Waals surface area contributed by atoms with E-state index in [1.807, 2.05) is 0 Å². The summed E-state index contributed by atoms with van der Waals surface area (Å²) < 4.78 is 30.3. The normalized spacial score (nSPS) is 11.0. The SMILES string of the molecule is O=C(O)c1cc(C(=O)O)c(COCOCOCCO)cc1COCOCOCCO. The molecule has 12 heteroatoms. The van der Waals surface area contributed by atoms with Crippen LogP contribution < -0.4 is 0 Å². The summed E-state index contributed by atoms with van der Waals surface area (Å²) in [6, 6.07) is 2.41. The van der Waals surface area contributed by atoms with Crippen LogP contribution in [-0.2, 0) is 41.6 Å². The molecule has 0 fully saturated rings. The third-order valence-electron chi connectivity index (χ3n) is 3.44. The smallest absolute Gasteiger partial charge is 0.336 e. The van der Waals surface area contributed by atoms with E-state index < -0.39 is 11.9 Å². The molecule has 1 aromatic carbocycles. The lowest BCUT2D eigenvalue weighted by atomic mass is 9.99. The van der Waals surface area contributed by atoms with E-state index in [0.29, 0.717) is 0 Å². The quantitative estimate of drug-likeness (QED) is 0.180. The monoisotopic (exact) mass is 434 g/mol. The van der Waals surface area contributed by atoms with Crippen molar-refractivity contribution in [3.63, 3.8) is 0 Å². The first kappa shape index (κ1) is 25.9. The molecule has 0 unspecified atom stereocenters. The van der Waals surface area contributed by atoms with Crippen LogP contribution in [0.25, 0.3) is 0 Å². The molecular weight excluding hydrogens is 408 g/mol. The van der Waals surface area contributed by atoms with Crippen molar-refractivity contribution in [1.29, 1.82) is 0 Å². The fraction of sp³-hybridized carbons (Fsp3) is 0.556. The molecular formula is C18H26O12. The van der Waals surface area contributed by atoms with Crippen LogP contribution in [0.2, 0.25) is 0 Å². The number of benzene rings is 1. The number of aliphatic hydroxyl groups excluding tert-OH is 2. The van der Waals surface area contributed by atoms with Gasteiger partial charge < -0.3 is 48.8 Å². The Hall–Kier alpha value is -2.16. The van der Waals surface area contributed by atoms with E-state index in [4.69, 9.17) is 38.6 Å². The van der Waals surface area contributed by atoms with Crippen LogP contribution in [0.1, 0.15) is 31.8 Å². The second kappa shape index (κ2) is 15.6. The molecule has 0 saturated heterocycles. The fourth-order valence-electron chi connectivity index (χ4n) is 2.19. The van der Waals surface area contributed by atoms with Gasteiger partial charge in [0.05, 0.1) is 50.8 Å². The van der Waals surface area contributed by atoms with E-state index >= 15 is 0 Å². The van der Waals surface area contributed by atoms with Crippen molar-refractivity contribution in [2.45, 2.75) is 13.2 Å². The first-order chi connectivity index (χ1) is 14.5. The van der Waals surface area contributed by atoms with Gasteiger partial charge in [0, 0.05) is 0 Å². The minimum atomic E-state index is -1.31. The highest BCUT2D eigenvalue weighted by Gasteiger charge is 2.19. The highest BCUT2D eigenvalue weighted by molar-refractivity contribution is 5.96. The van der Waals surface area contributed by atoms with Gasteiger partial charge in [0.25, 0.3) is 0 Å². The second-order valence-electron chi connectivity index (χ2n) is 5.62. The molecule has 1 rings (SSSR count). The molecule has 0 saturated carbocycles. The van der Waals surface area contributed by atoms with Crippen LogP contribution in [0.3, 0.4) is 0 Å². The Labute approximate surface area is 172 Å². The molecule has 0 atom stereocenters. The third-order valence-corrected chi connectivity index (χ3v) is 3.44. The predicted octanol–water partition coefficient (Wildman–Crippen LogP) is -0.00280. The average Bonchev–Trinajstić information content (AvgIpc) is 2.72. The average molecular weight is 434 g/mol. The number of rotatable bonds is 18. The van der Waals surface area contributed by atoms with Crippen molar-refractivity contribution >= 4 is 11.9 Å². The lowest BCUT2D eigenvalue weighted by Crippen LogP contribution is -2.13. The number of carboxylic acids is 2. The van der Waals surface area contributed by atoms with E-state index in [1.54, 1.807) is 0 Å². The van der Waals surface area contributed by atoms with E-state index in [0.717, 1.165) is 6.07 Å². The summed E-state index contributed by atoms with van der Waals surface area (Å²) in [6.45, 7) is -0.976. The number of hydrogen-bond donors (Lipinski definition) is 4. The van der Waals surface area contributed by atoms with Crippen molar-refractivity contribution in [3.05, 3.63) is 34.4 Å². The van der Waals surface area contributed by atoms with Crippen molar-refractivity contribution in [1.82, 2.24) is 0 Å². The lowest BCUT2D eigenvalue weighted by Gasteiger charge is -2.14. The molecule has 0 aliphatic carbocycles.